The summed E-state index contributed by atoms with van der Waals surface area (Å²) < 4.78 is 48.0. The van der Waals surface area contributed by atoms with E-state index in [4.69, 9.17) is 4.74 Å². The molecule has 3 aliphatic rings. The molecule has 7 rings (SSSR count). The van der Waals surface area contributed by atoms with Crippen molar-refractivity contribution in [1.29, 1.82) is 0 Å². The molecule has 1 amide bonds. The molecule has 0 bridgehead atoms. The lowest BCUT2D eigenvalue weighted by Crippen LogP contribution is -2.37. The van der Waals surface area contributed by atoms with Crippen molar-refractivity contribution < 1.29 is 32.6 Å². The number of nitrogens with one attached hydrogen (secondary N) is 2. The summed E-state index contributed by atoms with van der Waals surface area (Å²) in [4.78, 5) is 47.2. The van der Waals surface area contributed by atoms with Gasteiger partial charge in [0, 0.05) is 50.0 Å². The van der Waals surface area contributed by atoms with Crippen molar-refractivity contribution in [2.75, 3.05) is 37.5 Å². The van der Waals surface area contributed by atoms with Crippen LogP contribution in [0.25, 0.3) is 22.4 Å². The van der Waals surface area contributed by atoms with E-state index in [-0.39, 0.29) is 51.5 Å². The maximum Gasteiger partial charge on any atom is 0.418 e. The number of ether oxygens (including phenoxy) is 1. The zero-order chi connectivity index (χ0) is 33.8. The minimum Gasteiger partial charge on any atom is -0.481 e. The monoisotopic (exact) mass is 663 g/mol. The van der Waals surface area contributed by atoms with Crippen LogP contribution >= 0.6 is 0 Å². The topological polar surface area (TPSA) is 146 Å². The summed E-state index contributed by atoms with van der Waals surface area (Å²) in [6, 6.07) is 6.09. The Kier molecular flexibility index (Phi) is 8.09. The van der Waals surface area contributed by atoms with Crippen molar-refractivity contribution >= 4 is 34.7 Å². The van der Waals surface area contributed by atoms with E-state index in [9.17, 15) is 27.9 Å². The molecule has 0 radical (unpaired) electrons. The minimum atomic E-state index is -4.56. The average molecular weight is 664 g/mol. The van der Waals surface area contributed by atoms with Crippen molar-refractivity contribution in [2.45, 2.75) is 63.0 Å². The Labute approximate surface area is 274 Å². The highest BCUT2D eigenvalue weighted by atomic mass is 19.4. The number of carbonyl (C=O) groups is 2. The molecule has 3 saturated carbocycles. The summed E-state index contributed by atoms with van der Waals surface area (Å²) in [6.45, 7) is 1.21. The minimum absolute atomic E-state index is 0.0673. The summed E-state index contributed by atoms with van der Waals surface area (Å²) in [5.74, 6) is -2.03. The van der Waals surface area contributed by atoms with E-state index < -0.39 is 29.5 Å². The number of aromatic nitrogens is 5. The van der Waals surface area contributed by atoms with Gasteiger partial charge in [-0.3, -0.25) is 24.9 Å². The summed E-state index contributed by atoms with van der Waals surface area (Å²) in [7, 11) is 3.60. The third-order valence-corrected chi connectivity index (χ3v) is 9.81. The molecule has 0 spiro atoms. The van der Waals surface area contributed by atoms with Crippen molar-refractivity contribution in [3.8, 4) is 11.3 Å². The van der Waals surface area contributed by atoms with Gasteiger partial charge in [0.25, 0.3) is 5.91 Å². The molecule has 3 N–H and O–H groups in total. The lowest BCUT2D eigenvalue weighted by Gasteiger charge is -2.34. The van der Waals surface area contributed by atoms with E-state index in [2.05, 4.69) is 30.2 Å². The van der Waals surface area contributed by atoms with Crippen molar-refractivity contribution in [3.63, 3.8) is 0 Å². The molecular weight excluding hydrogens is 627 g/mol. The number of aromatic amines is 1. The number of methoxy groups -OCH3 is 1. The van der Waals surface area contributed by atoms with E-state index in [0.29, 0.717) is 43.6 Å². The summed E-state index contributed by atoms with van der Waals surface area (Å²) in [6.07, 6.45) is 4.45. The normalized spacial score (nSPS) is 20.2. The van der Waals surface area contributed by atoms with Gasteiger partial charge in [-0.05, 0) is 61.8 Å². The van der Waals surface area contributed by atoms with Crippen LogP contribution in [0.15, 0.2) is 36.7 Å². The van der Waals surface area contributed by atoms with E-state index in [0.717, 1.165) is 37.3 Å². The second kappa shape index (κ2) is 12.1. The highest BCUT2D eigenvalue weighted by Gasteiger charge is 2.44. The maximum atomic E-state index is 14.1. The molecule has 3 fully saturated rings. The van der Waals surface area contributed by atoms with E-state index in [1.165, 1.54) is 18.5 Å². The van der Waals surface area contributed by atoms with Crippen LogP contribution in [-0.2, 0) is 15.7 Å². The summed E-state index contributed by atoms with van der Waals surface area (Å²) in [5, 5.41) is 11.9. The zero-order valence-electron chi connectivity index (χ0n) is 26.6. The van der Waals surface area contributed by atoms with Crippen molar-refractivity contribution in [3.05, 3.63) is 59.2 Å². The zero-order valence-corrected chi connectivity index (χ0v) is 26.6. The first-order valence-electron chi connectivity index (χ1n) is 16.1. The number of aliphatic carboxylic acids is 1. The first kappa shape index (κ1) is 32.0. The number of anilines is 2. The fourth-order valence-corrected chi connectivity index (χ4v) is 7.14. The largest absolute Gasteiger partial charge is 0.481 e. The molecule has 0 saturated heterocycles. The van der Waals surface area contributed by atoms with E-state index in [1.54, 1.807) is 19.2 Å². The van der Waals surface area contributed by atoms with Gasteiger partial charge in [0.1, 0.15) is 11.2 Å². The van der Waals surface area contributed by atoms with Gasteiger partial charge >= 0.3 is 12.1 Å². The lowest BCUT2D eigenvalue weighted by molar-refractivity contribution is -0.139. The lowest BCUT2D eigenvalue weighted by atomic mass is 9.86. The highest BCUT2D eigenvalue weighted by Crippen LogP contribution is 2.48. The molecule has 2 atom stereocenters. The fourth-order valence-electron chi connectivity index (χ4n) is 7.14. The second-order valence-corrected chi connectivity index (χ2v) is 13.5. The number of imidazole rings is 1. The van der Waals surface area contributed by atoms with Crippen molar-refractivity contribution in [2.24, 2.45) is 11.3 Å². The van der Waals surface area contributed by atoms with Gasteiger partial charge in [0.05, 0.1) is 35.2 Å². The molecule has 0 aliphatic heterocycles. The van der Waals surface area contributed by atoms with Gasteiger partial charge in [0.2, 0.25) is 5.95 Å². The highest BCUT2D eigenvalue weighted by molar-refractivity contribution is 6.03. The maximum absolute atomic E-state index is 14.1. The van der Waals surface area contributed by atoms with Gasteiger partial charge in [-0.1, -0.05) is 18.9 Å². The van der Waals surface area contributed by atoms with E-state index >= 15 is 0 Å². The van der Waals surface area contributed by atoms with Gasteiger partial charge in [-0.25, -0.2) is 4.98 Å². The fraction of sp³-hybridized carbons (Fsp3) is 0.471. The number of H-pyrrole nitrogens is 1. The number of hydrogen-bond donors (Lipinski definition) is 3. The molecule has 4 heterocycles. The Hall–Kier alpha value is -4.59. The Morgan fingerprint density at radius 1 is 1.12 bits per heavy atom. The van der Waals surface area contributed by atoms with Crippen LogP contribution in [0.1, 0.15) is 84.1 Å². The van der Waals surface area contributed by atoms with Crippen LogP contribution in [0.4, 0.5) is 24.8 Å². The van der Waals surface area contributed by atoms with Crippen LogP contribution in [0.2, 0.25) is 0 Å². The standard InChI is InChI=1S/C34H36F3N7O4/c1-44(16-33(17-48-2)9-3-4-10-33)26-13-25(20-11-23(34(35,36)37)27(39-15-20)18-5-6-18)40-29-28(26)41-32(42-29)43-30(45)24-8-7-19(14-38-24)21-12-22(21)31(46)47/h7-8,11,13-15,18,21-22H,3-6,9-10,12,16-17H2,1-2H3,(H,46,47)(H2,40,41,42,43,45). The Morgan fingerprint density at radius 2 is 1.90 bits per heavy atom. The number of carboxylic acids is 1. The predicted octanol–water partition coefficient (Wildman–Crippen LogP) is 6.39. The smallest absolute Gasteiger partial charge is 0.418 e. The number of alkyl halides is 3. The molecule has 4 aromatic heterocycles. The number of carboxylic acid groups (broad SMARTS) is 1. The van der Waals surface area contributed by atoms with Gasteiger partial charge in [-0.15, -0.1) is 0 Å². The molecule has 11 nitrogen and oxygen atoms in total. The molecule has 14 heteroatoms. The quantitative estimate of drug-likeness (QED) is 0.166. The molecule has 2 unspecified atom stereocenters. The first-order valence-corrected chi connectivity index (χ1v) is 16.1. The predicted molar refractivity (Wildman–Crippen MR) is 171 cm³/mol. The first-order chi connectivity index (χ1) is 22.9. The number of hydrogen-bond acceptors (Lipinski definition) is 8. The summed E-state index contributed by atoms with van der Waals surface area (Å²) >= 11 is 0. The molecule has 0 aromatic carbocycles. The second-order valence-electron chi connectivity index (χ2n) is 13.5. The van der Waals surface area contributed by atoms with Crippen LogP contribution in [0.3, 0.4) is 0 Å². The Morgan fingerprint density at radius 3 is 2.52 bits per heavy atom. The van der Waals surface area contributed by atoms with Crippen LogP contribution < -0.4 is 10.2 Å². The van der Waals surface area contributed by atoms with Gasteiger partial charge in [-0.2, -0.15) is 18.2 Å². The SMILES string of the molecule is COCC1(CN(C)c2cc(-c3cnc(C4CC4)c(C(F)(F)F)c3)nc3nc(NC(=O)c4ccc(C5CC5C(=O)O)cn4)[nH]c23)CCCC1. The van der Waals surface area contributed by atoms with Crippen LogP contribution in [-0.4, -0.2) is 69.2 Å². The molecular formula is C34H36F3N7O4. The number of amides is 1. The Bertz CT molecular complexity index is 1870. The van der Waals surface area contributed by atoms with Gasteiger partial charge < -0.3 is 19.7 Å². The average Bonchev–Trinajstić information content (AvgIpc) is 3.97. The van der Waals surface area contributed by atoms with E-state index in [1.807, 2.05) is 11.9 Å². The number of fused-ring (bicyclic) bond motifs is 1. The number of rotatable bonds is 11. The molecule has 4 aromatic rings. The van der Waals surface area contributed by atoms with Crippen molar-refractivity contribution in [1.82, 2.24) is 24.9 Å². The van der Waals surface area contributed by atoms with Gasteiger partial charge in [0.15, 0.2) is 5.65 Å². The number of pyridine rings is 3. The third-order valence-electron chi connectivity index (χ3n) is 9.81. The van der Waals surface area contributed by atoms with Crippen LogP contribution in [0.5, 0.6) is 0 Å². The number of halogens is 3. The Balaban J connectivity index is 1.22. The summed E-state index contributed by atoms with van der Waals surface area (Å²) in [5.41, 5.74) is 1.98. The molecule has 3 aliphatic carbocycles. The molecule has 252 valence electrons. The molecule has 48 heavy (non-hydrogen) atoms. The van der Waals surface area contributed by atoms with Crippen LogP contribution in [0, 0.1) is 11.3 Å². The number of nitrogens with zero attached hydrogens (tertiary/aromatic N) is 5. The third kappa shape index (κ3) is 6.32. The number of carbonyl (C=O) groups excluding carboxylic acids is 1.